The molecule has 5 rings (SSSR count). The average Bonchev–Trinajstić information content (AvgIpc) is 3.38. The zero-order valence-electron chi connectivity index (χ0n) is 16.5. The molecule has 0 amide bonds. The Kier molecular flexibility index (Phi) is 4.67. The van der Waals surface area contributed by atoms with Crippen LogP contribution in [0.3, 0.4) is 0 Å². The van der Waals surface area contributed by atoms with Crippen LogP contribution in [-0.2, 0) is 13.1 Å². The minimum atomic E-state index is -0.435. The molecule has 0 bridgehead atoms. The van der Waals surface area contributed by atoms with Crippen molar-refractivity contribution < 1.29 is 9.13 Å². The van der Waals surface area contributed by atoms with Crippen LogP contribution in [-0.4, -0.2) is 25.9 Å². The Morgan fingerprint density at radius 3 is 2.52 bits per heavy atom. The summed E-state index contributed by atoms with van der Waals surface area (Å²) in [5.41, 5.74) is 0.933. The summed E-state index contributed by atoms with van der Waals surface area (Å²) in [5, 5.41) is 6.18. The van der Waals surface area contributed by atoms with Crippen LogP contribution in [0, 0.1) is 5.82 Å². The molecule has 0 spiro atoms. The Hall–Kier alpha value is -3.72. The van der Waals surface area contributed by atoms with Crippen molar-refractivity contribution >= 4 is 27.3 Å². The summed E-state index contributed by atoms with van der Waals surface area (Å²) < 4.78 is 24.1. The predicted octanol–water partition coefficient (Wildman–Crippen LogP) is 3.12. The molecule has 9 heteroatoms. The molecule has 0 aliphatic carbocycles. The highest BCUT2D eigenvalue weighted by Gasteiger charge is 2.20. The van der Waals surface area contributed by atoms with Crippen LogP contribution in [0.15, 0.2) is 69.6 Å². The van der Waals surface area contributed by atoms with Crippen molar-refractivity contribution in [3.8, 4) is 5.75 Å². The van der Waals surface area contributed by atoms with E-state index in [1.54, 1.807) is 36.8 Å². The first-order valence-electron chi connectivity index (χ1n) is 9.53. The van der Waals surface area contributed by atoms with Gasteiger partial charge in [-0.1, -0.05) is 36.4 Å². The van der Waals surface area contributed by atoms with Gasteiger partial charge in [-0.25, -0.2) is 18.3 Å². The first-order chi connectivity index (χ1) is 15.1. The lowest BCUT2D eigenvalue weighted by atomic mass is 10.2. The van der Waals surface area contributed by atoms with Crippen molar-refractivity contribution in [1.82, 2.24) is 18.7 Å². The van der Waals surface area contributed by atoms with E-state index >= 15 is 0 Å². The maximum Gasteiger partial charge on any atom is 0.352 e. The summed E-state index contributed by atoms with van der Waals surface area (Å²) in [5.74, 6) is 0.411. The second-order valence-electron chi connectivity index (χ2n) is 7.01. The summed E-state index contributed by atoms with van der Waals surface area (Å²) in [6.45, 7) is 0.137. The number of hydrogen-bond acceptors (Lipinski definition) is 5. The van der Waals surface area contributed by atoms with E-state index in [0.29, 0.717) is 21.5 Å². The van der Waals surface area contributed by atoms with Gasteiger partial charge in [-0.15, -0.1) is 16.4 Å². The number of rotatable bonds is 5. The van der Waals surface area contributed by atoms with E-state index in [-0.39, 0.29) is 24.4 Å². The maximum atomic E-state index is 14.2. The van der Waals surface area contributed by atoms with Crippen LogP contribution >= 0.6 is 11.3 Å². The summed E-state index contributed by atoms with van der Waals surface area (Å²) in [6.07, 6.45) is 0. The van der Waals surface area contributed by atoms with Gasteiger partial charge in [0.05, 0.1) is 25.7 Å². The van der Waals surface area contributed by atoms with Gasteiger partial charge in [0.1, 0.15) is 16.3 Å². The summed E-state index contributed by atoms with van der Waals surface area (Å²) in [7, 11) is 1.56. The van der Waals surface area contributed by atoms with Crippen molar-refractivity contribution in [2.75, 3.05) is 7.11 Å². The van der Waals surface area contributed by atoms with Crippen molar-refractivity contribution in [2.24, 2.45) is 0 Å². The molecule has 0 aliphatic rings. The summed E-state index contributed by atoms with van der Waals surface area (Å²) in [6, 6.07) is 15.3. The van der Waals surface area contributed by atoms with Crippen molar-refractivity contribution in [3.63, 3.8) is 0 Å². The van der Waals surface area contributed by atoms with E-state index in [2.05, 4.69) is 5.10 Å². The molecule has 0 unspecified atom stereocenters. The molecule has 156 valence electrons. The van der Waals surface area contributed by atoms with E-state index in [9.17, 15) is 14.0 Å². The van der Waals surface area contributed by atoms with Gasteiger partial charge in [0.25, 0.3) is 5.56 Å². The first kappa shape index (κ1) is 19.3. The van der Waals surface area contributed by atoms with E-state index in [0.717, 1.165) is 5.56 Å². The summed E-state index contributed by atoms with van der Waals surface area (Å²) in [4.78, 5) is 26.4. The van der Waals surface area contributed by atoms with Crippen LogP contribution in [0.2, 0.25) is 0 Å². The molecule has 0 aliphatic heterocycles. The second-order valence-corrected chi connectivity index (χ2v) is 7.92. The van der Waals surface area contributed by atoms with Gasteiger partial charge in [-0.05, 0) is 23.6 Å². The van der Waals surface area contributed by atoms with E-state index in [1.807, 2.05) is 24.3 Å². The number of nitrogens with zero attached hydrogens (tertiary/aromatic N) is 4. The number of methoxy groups -OCH3 is 1. The molecule has 0 saturated carbocycles. The zero-order chi connectivity index (χ0) is 21.5. The van der Waals surface area contributed by atoms with Crippen molar-refractivity contribution in [2.45, 2.75) is 13.1 Å². The largest absolute Gasteiger partial charge is 0.496 e. The lowest BCUT2D eigenvalue weighted by Gasteiger charge is -2.11. The zero-order valence-corrected chi connectivity index (χ0v) is 17.3. The first-order valence-corrected chi connectivity index (χ1v) is 10.4. The predicted molar refractivity (Wildman–Crippen MR) is 117 cm³/mol. The molecule has 5 aromatic rings. The minimum Gasteiger partial charge on any atom is -0.496 e. The SMILES string of the molecule is COc1ccccc1Cn1c(=O)c2sccc2n2c(=O)n(Cc3ccccc3F)nc12. The third-order valence-electron chi connectivity index (χ3n) is 5.19. The Labute approximate surface area is 179 Å². The highest BCUT2D eigenvalue weighted by molar-refractivity contribution is 7.17. The number of thiophene rings is 1. The van der Waals surface area contributed by atoms with Crippen LogP contribution in [0.1, 0.15) is 11.1 Å². The monoisotopic (exact) mass is 436 g/mol. The van der Waals surface area contributed by atoms with Crippen LogP contribution in [0.4, 0.5) is 4.39 Å². The van der Waals surface area contributed by atoms with Crippen molar-refractivity contribution in [1.29, 1.82) is 0 Å². The number of para-hydroxylation sites is 1. The molecule has 0 fully saturated rings. The number of fused-ring (bicyclic) bond motifs is 3. The van der Waals surface area contributed by atoms with Crippen LogP contribution in [0.25, 0.3) is 16.0 Å². The van der Waals surface area contributed by atoms with Crippen LogP contribution in [0.5, 0.6) is 5.75 Å². The Morgan fingerprint density at radius 1 is 1.00 bits per heavy atom. The summed E-state index contributed by atoms with van der Waals surface area (Å²) >= 11 is 1.27. The van der Waals surface area contributed by atoms with E-state index < -0.39 is 11.5 Å². The molecule has 0 radical (unpaired) electrons. The molecular weight excluding hydrogens is 419 g/mol. The number of hydrogen-bond donors (Lipinski definition) is 0. The third-order valence-corrected chi connectivity index (χ3v) is 6.08. The Bertz CT molecular complexity index is 1550. The molecule has 7 nitrogen and oxygen atoms in total. The molecule has 3 heterocycles. The quantitative estimate of drug-likeness (QED) is 0.425. The maximum absolute atomic E-state index is 14.2. The average molecular weight is 436 g/mol. The number of ether oxygens (including phenoxy) is 1. The van der Waals surface area contributed by atoms with Gasteiger partial charge in [0.15, 0.2) is 0 Å². The molecule has 2 aromatic carbocycles. The molecule has 0 atom stereocenters. The van der Waals surface area contributed by atoms with Gasteiger partial charge in [0.2, 0.25) is 5.78 Å². The lowest BCUT2D eigenvalue weighted by molar-refractivity contribution is 0.408. The third kappa shape index (κ3) is 3.14. The fourth-order valence-electron chi connectivity index (χ4n) is 3.67. The van der Waals surface area contributed by atoms with E-state index in [4.69, 9.17) is 4.74 Å². The Morgan fingerprint density at radius 2 is 1.74 bits per heavy atom. The fourth-order valence-corrected chi connectivity index (χ4v) is 4.50. The van der Waals surface area contributed by atoms with Crippen LogP contribution < -0.4 is 16.0 Å². The van der Waals surface area contributed by atoms with Gasteiger partial charge < -0.3 is 4.74 Å². The highest BCUT2D eigenvalue weighted by atomic mass is 32.1. The lowest BCUT2D eigenvalue weighted by Crippen LogP contribution is -2.26. The Balaban J connectivity index is 1.75. The number of halogens is 1. The number of benzene rings is 2. The van der Waals surface area contributed by atoms with Gasteiger partial charge >= 0.3 is 5.69 Å². The minimum absolute atomic E-state index is 0.0400. The second kappa shape index (κ2) is 7.51. The molecule has 31 heavy (non-hydrogen) atoms. The van der Waals surface area contributed by atoms with Gasteiger partial charge in [-0.3, -0.25) is 9.36 Å². The van der Waals surface area contributed by atoms with Gasteiger partial charge in [0, 0.05) is 11.1 Å². The normalized spacial score (nSPS) is 11.4. The van der Waals surface area contributed by atoms with Gasteiger partial charge in [-0.2, -0.15) is 0 Å². The fraction of sp³-hybridized carbons (Fsp3) is 0.136. The molecule has 3 aromatic heterocycles. The standard InChI is InChI=1S/C22H17FN4O3S/c1-30-18-9-5-3-7-15(18)12-25-20(28)19-17(10-11-31-19)27-21(25)24-26(22(27)29)13-14-6-2-4-8-16(14)23/h2-11H,12-13H2,1H3. The highest BCUT2D eigenvalue weighted by Crippen LogP contribution is 2.21. The molecule has 0 saturated heterocycles. The number of aromatic nitrogens is 4. The molecular formula is C22H17FN4O3S. The molecule has 0 N–H and O–H groups in total. The topological polar surface area (TPSA) is 70.5 Å². The van der Waals surface area contributed by atoms with Crippen molar-refractivity contribution in [3.05, 3.63) is 97.8 Å². The van der Waals surface area contributed by atoms with E-state index in [1.165, 1.54) is 31.1 Å². The smallest absolute Gasteiger partial charge is 0.352 e.